The van der Waals surface area contributed by atoms with Crippen molar-refractivity contribution in [3.05, 3.63) is 72.9 Å². The fraction of sp³-hybridized carbons (Fsp3) is 0.737. The summed E-state index contributed by atoms with van der Waals surface area (Å²) in [5.74, 6) is -0.932. The molecule has 0 aromatic heterocycles. The highest BCUT2D eigenvalue weighted by molar-refractivity contribution is 5.71. The van der Waals surface area contributed by atoms with Crippen molar-refractivity contribution in [2.45, 2.75) is 258 Å². The largest absolute Gasteiger partial charge is 0.462 e. The van der Waals surface area contributed by atoms with Gasteiger partial charge in [-0.25, -0.2) is 0 Å². The van der Waals surface area contributed by atoms with E-state index in [0.717, 1.165) is 141 Å². The number of carbonyl (C=O) groups excluding carboxylic acids is 3. The first kappa shape index (κ1) is 59.9. The number of carbonyl (C=O) groups is 3. The van der Waals surface area contributed by atoms with Gasteiger partial charge in [0.25, 0.3) is 0 Å². The zero-order chi connectivity index (χ0) is 45.8. The van der Waals surface area contributed by atoms with Gasteiger partial charge >= 0.3 is 17.9 Å². The van der Waals surface area contributed by atoms with Gasteiger partial charge in [-0.1, -0.05) is 196 Å². The van der Waals surface area contributed by atoms with Crippen LogP contribution in [0.1, 0.15) is 252 Å². The Hall–Kier alpha value is -3.15. The highest BCUT2D eigenvalue weighted by Crippen LogP contribution is 2.13. The van der Waals surface area contributed by atoms with Gasteiger partial charge < -0.3 is 14.2 Å². The number of hydrogen-bond donors (Lipinski definition) is 0. The highest BCUT2D eigenvalue weighted by Gasteiger charge is 2.19. The van der Waals surface area contributed by atoms with Crippen LogP contribution in [0.2, 0.25) is 0 Å². The summed E-state index contributed by atoms with van der Waals surface area (Å²) in [6.07, 6.45) is 64.5. The molecule has 0 heterocycles. The van der Waals surface area contributed by atoms with E-state index in [1.54, 1.807) is 0 Å². The van der Waals surface area contributed by atoms with E-state index in [4.69, 9.17) is 14.2 Å². The second-order valence-corrected chi connectivity index (χ2v) is 17.4. The predicted molar refractivity (Wildman–Crippen MR) is 270 cm³/mol. The molecule has 0 aliphatic heterocycles. The van der Waals surface area contributed by atoms with Gasteiger partial charge in [-0.2, -0.15) is 0 Å². The maximum Gasteiger partial charge on any atom is 0.306 e. The van der Waals surface area contributed by atoms with Crippen LogP contribution in [0.25, 0.3) is 0 Å². The molecular formula is C57H98O6. The van der Waals surface area contributed by atoms with E-state index in [1.165, 1.54) is 70.6 Å². The van der Waals surface area contributed by atoms with Gasteiger partial charge in [-0.15, -0.1) is 0 Å². The van der Waals surface area contributed by atoms with Gasteiger partial charge in [0.2, 0.25) is 0 Å². The molecule has 6 nitrogen and oxygen atoms in total. The molecule has 0 aliphatic rings. The molecule has 1 unspecified atom stereocenters. The molecule has 0 radical (unpaired) electrons. The van der Waals surface area contributed by atoms with Crippen LogP contribution in [0.3, 0.4) is 0 Å². The number of rotatable bonds is 47. The molecular weight excluding hydrogens is 781 g/mol. The topological polar surface area (TPSA) is 78.9 Å². The van der Waals surface area contributed by atoms with Gasteiger partial charge in [0.15, 0.2) is 6.10 Å². The lowest BCUT2D eigenvalue weighted by molar-refractivity contribution is -0.167. The molecule has 0 bridgehead atoms. The minimum atomic E-state index is -0.794. The molecule has 1 atom stereocenters. The van der Waals surface area contributed by atoms with Crippen LogP contribution in [0.5, 0.6) is 0 Å². The van der Waals surface area contributed by atoms with Crippen LogP contribution >= 0.6 is 0 Å². The average Bonchev–Trinajstić information content (AvgIpc) is 3.28. The Morgan fingerprint density at radius 1 is 0.317 bits per heavy atom. The molecule has 0 amide bonds. The molecule has 0 spiro atoms. The zero-order valence-corrected chi connectivity index (χ0v) is 41.3. The fourth-order valence-corrected chi connectivity index (χ4v) is 7.13. The molecule has 0 aromatic carbocycles. The Balaban J connectivity index is 4.45. The van der Waals surface area contributed by atoms with Crippen LogP contribution in [0, 0.1) is 0 Å². The Kier molecular flexibility index (Phi) is 48.9. The number of hydrogen-bond acceptors (Lipinski definition) is 6. The first-order valence-electron chi connectivity index (χ1n) is 26.4. The lowest BCUT2D eigenvalue weighted by atomic mass is 10.1. The summed E-state index contributed by atoms with van der Waals surface area (Å²) in [7, 11) is 0. The van der Waals surface area contributed by atoms with Gasteiger partial charge in [-0.3, -0.25) is 14.4 Å². The van der Waals surface area contributed by atoms with E-state index in [0.29, 0.717) is 19.3 Å². The van der Waals surface area contributed by atoms with Crippen LogP contribution < -0.4 is 0 Å². The van der Waals surface area contributed by atoms with Gasteiger partial charge in [0, 0.05) is 19.3 Å². The fourth-order valence-electron chi connectivity index (χ4n) is 7.13. The van der Waals surface area contributed by atoms with Crippen molar-refractivity contribution in [3.8, 4) is 0 Å². The zero-order valence-electron chi connectivity index (χ0n) is 41.3. The summed E-state index contributed by atoms with van der Waals surface area (Å²) in [5, 5.41) is 0. The van der Waals surface area contributed by atoms with E-state index in [9.17, 15) is 14.4 Å². The molecule has 0 saturated heterocycles. The van der Waals surface area contributed by atoms with Gasteiger partial charge in [-0.05, 0) is 109 Å². The predicted octanol–water partition coefficient (Wildman–Crippen LogP) is 17.4. The first-order chi connectivity index (χ1) is 31.0. The molecule has 0 aliphatic carbocycles. The molecule has 0 N–H and O–H groups in total. The van der Waals surface area contributed by atoms with Crippen LogP contribution in [0.4, 0.5) is 0 Å². The normalized spacial score (nSPS) is 12.6. The van der Waals surface area contributed by atoms with Crippen molar-refractivity contribution in [1.82, 2.24) is 0 Å². The highest BCUT2D eigenvalue weighted by atomic mass is 16.6. The summed E-state index contributed by atoms with van der Waals surface area (Å²) in [6.45, 7) is 6.50. The van der Waals surface area contributed by atoms with Crippen molar-refractivity contribution in [3.63, 3.8) is 0 Å². The minimum absolute atomic E-state index is 0.0933. The van der Waals surface area contributed by atoms with E-state index >= 15 is 0 Å². The third kappa shape index (κ3) is 49.7. The van der Waals surface area contributed by atoms with Gasteiger partial charge in [0.1, 0.15) is 13.2 Å². The summed E-state index contributed by atoms with van der Waals surface area (Å²) >= 11 is 0. The summed E-state index contributed by atoms with van der Waals surface area (Å²) in [4.78, 5) is 38.0. The standard InChI is InChI=1S/C57H98O6/c1-4-7-10-13-16-19-22-25-27-29-32-35-38-41-44-47-50-56(59)62-53-54(52-61-55(58)49-46-43-40-37-34-31-24-21-18-15-12-9-6-3)63-57(60)51-48-45-42-39-36-33-30-28-26-23-20-17-14-11-8-5-2/h12,15,19-24,27-30,54H,4-11,13-14,16-18,25-26,31-53H2,1-3H3/b15-12-,22-19-,23-20-,24-21-,29-27-,30-28-. The van der Waals surface area contributed by atoms with Crippen LogP contribution in [-0.2, 0) is 28.6 Å². The van der Waals surface area contributed by atoms with E-state index in [1.807, 2.05) is 0 Å². The average molecular weight is 879 g/mol. The Bertz CT molecular complexity index is 1190. The monoisotopic (exact) mass is 879 g/mol. The number of unbranched alkanes of at least 4 members (excludes halogenated alkanes) is 24. The summed E-state index contributed by atoms with van der Waals surface area (Å²) < 4.78 is 16.8. The smallest absolute Gasteiger partial charge is 0.306 e. The molecule has 63 heavy (non-hydrogen) atoms. The lowest BCUT2D eigenvalue weighted by Crippen LogP contribution is -2.30. The Morgan fingerprint density at radius 2 is 0.603 bits per heavy atom. The lowest BCUT2D eigenvalue weighted by Gasteiger charge is -2.18. The quantitative estimate of drug-likeness (QED) is 0.0262. The van der Waals surface area contributed by atoms with Crippen LogP contribution in [-0.4, -0.2) is 37.2 Å². The third-order valence-electron chi connectivity index (χ3n) is 11.1. The first-order valence-corrected chi connectivity index (χ1v) is 26.4. The van der Waals surface area contributed by atoms with Crippen molar-refractivity contribution < 1.29 is 28.6 Å². The maximum atomic E-state index is 12.8. The van der Waals surface area contributed by atoms with Crippen LogP contribution in [0.15, 0.2) is 72.9 Å². The second-order valence-electron chi connectivity index (χ2n) is 17.4. The minimum Gasteiger partial charge on any atom is -0.462 e. The molecule has 0 rings (SSSR count). The van der Waals surface area contributed by atoms with Crippen molar-refractivity contribution in [1.29, 1.82) is 0 Å². The van der Waals surface area contributed by atoms with E-state index in [2.05, 4.69) is 93.7 Å². The maximum absolute atomic E-state index is 12.8. The second kappa shape index (κ2) is 51.5. The molecule has 6 heteroatoms. The number of ether oxygens (including phenoxy) is 3. The molecule has 362 valence electrons. The molecule has 0 aromatic rings. The van der Waals surface area contributed by atoms with Crippen molar-refractivity contribution in [2.75, 3.05) is 13.2 Å². The van der Waals surface area contributed by atoms with Crippen molar-refractivity contribution in [2.24, 2.45) is 0 Å². The molecule has 0 fully saturated rings. The van der Waals surface area contributed by atoms with Gasteiger partial charge in [0.05, 0.1) is 0 Å². The Labute approximate surface area is 389 Å². The van der Waals surface area contributed by atoms with E-state index in [-0.39, 0.29) is 31.1 Å². The summed E-state index contributed by atoms with van der Waals surface area (Å²) in [5.41, 5.74) is 0. The SMILES string of the molecule is CCC/C=C\C/C=C\CCCCCCCC(=O)OCC(COC(=O)CCCCCCC/C=C\C/C=C\CCCCCC)OC(=O)CCCCCCC/C=C\C/C=C\CCCCCC. The summed E-state index contributed by atoms with van der Waals surface area (Å²) in [6, 6.07) is 0. The number of allylic oxidation sites excluding steroid dienone is 12. The van der Waals surface area contributed by atoms with Crippen molar-refractivity contribution >= 4 is 17.9 Å². The molecule has 0 saturated carbocycles. The third-order valence-corrected chi connectivity index (χ3v) is 11.1. The Morgan fingerprint density at radius 3 is 0.937 bits per heavy atom. The van der Waals surface area contributed by atoms with E-state index < -0.39 is 6.10 Å². The number of esters is 3.